The number of amides is 1. The van der Waals surface area contributed by atoms with E-state index in [-0.39, 0.29) is 5.91 Å². The summed E-state index contributed by atoms with van der Waals surface area (Å²) in [5.74, 6) is 2.44. The van der Waals surface area contributed by atoms with Crippen LogP contribution in [0, 0.1) is 24.2 Å². The number of rotatable bonds is 16. The Morgan fingerprint density at radius 2 is 1.88 bits per heavy atom. The summed E-state index contributed by atoms with van der Waals surface area (Å²) in [6.07, 6.45) is 16.8. The highest BCUT2D eigenvalue weighted by atomic mass is 16.2. The molecule has 2 unspecified atom stereocenters. The molecule has 1 N–H and O–H groups in total. The molecule has 5 heteroatoms. The molecular weight excluding hydrogens is 492 g/mol. The lowest BCUT2D eigenvalue weighted by Gasteiger charge is -2.44. The number of aliphatic imine (C=N–C) groups is 2. The molecule has 2 aliphatic rings. The van der Waals surface area contributed by atoms with Crippen LogP contribution in [0.3, 0.4) is 0 Å². The number of allylic oxidation sites excluding steroid dienone is 1. The van der Waals surface area contributed by atoms with Gasteiger partial charge in [-0.25, -0.2) is 4.99 Å². The van der Waals surface area contributed by atoms with Crippen molar-refractivity contribution in [2.75, 3.05) is 18.0 Å². The molecule has 0 bridgehead atoms. The zero-order chi connectivity index (χ0) is 29.1. The molecule has 3 rings (SSSR count). The summed E-state index contributed by atoms with van der Waals surface area (Å²) in [6.45, 7) is 16.9. The number of aryl methyl sites for hydroxylation is 1. The number of hydrogen-bond donors (Lipinski definition) is 1. The van der Waals surface area contributed by atoms with Crippen molar-refractivity contribution >= 4 is 29.7 Å². The first kappa shape index (κ1) is 31.8. The highest BCUT2D eigenvalue weighted by molar-refractivity contribution is 6.04. The van der Waals surface area contributed by atoms with Gasteiger partial charge in [-0.15, -0.1) is 0 Å². The maximum atomic E-state index is 14.5. The highest BCUT2D eigenvalue weighted by Gasteiger charge is 2.47. The molecule has 0 spiro atoms. The Balaban J connectivity index is 2.03. The Kier molecular flexibility index (Phi) is 12.2. The highest BCUT2D eigenvalue weighted by Crippen LogP contribution is 2.46. The summed E-state index contributed by atoms with van der Waals surface area (Å²) < 4.78 is 0. The molecule has 40 heavy (non-hydrogen) atoms. The van der Waals surface area contributed by atoms with E-state index < -0.39 is 5.41 Å². The summed E-state index contributed by atoms with van der Waals surface area (Å²) in [5, 5.41) is 3.59. The molecule has 1 amide bonds. The molecule has 1 heterocycles. The van der Waals surface area contributed by atoms with Crippen LogP contribution < -0.4 is 10.2 Å². The summed E-state index contributed by atoms with van der Waals surface area (Å²) in [6, 6.07) is 6.27. The Morgan fingerprint density at radius 1 is 1.12 bits per heavy atom. The van der Waals surface area contributed by atoms with Gasteiger partial charge in [-0.05, 0) is 99.6 Å². The molecule has 1 aromatic rings. The van der Waals surface area contributed by atoms with E-state index in [2.05, 4.69) is 83.1 Å². The molecule has 1 saturated carbocycles. The molecule has 1 aromatic carbocycles. The number of unbranched alkanes of at least 4 members (excludes halogenated alkanes) is 2. The number of carbonyl (C=O) groups is 1. The van der Waals surface area contributed by atoms with Gasteiger partial charge >= 0.3 is 0 Å². The van der Waals surface area contributed by atoms with Crippen molar-refractivity contribution in [2.45, 2.75) is 113 Å². The van der Waals surface area contributed by atoms with Crippen LogP contribution in [-0.2, 0) is 4.79 Å². The van der Waals surface area contributed by atoms with Gasteiger partial charge in [-0.2, -0.15) is 0 Å². The Bertz CT molecular complexity index is 1110. The molecule has 2 atom stereocenters. The molecule has 0 radical (unpaired) electrons. The van der Waals surface area contributed by atoms with E-state index in [0.717, 1.165) is 92.2 Å². The summed E-state index contributed by atoms with van der Waals surface area (Å²) >= 11 is 0. The average Bonchev–Trinajstić information content (AvgIpc) is 3.78. The Labute approximate surface area is 244 Å². The SMILES string of the molecule is CCC/C=N\c1ccc(N2CC(/C=N\C(=C\CCC)NCC3CC3)=C(C)C(CCC)(CC(C)CC)C2=O)cc1C. The Morgan fingerprint density at radius 3 is 2.50 bits per heavy atom. The smallest absolute Gasteiger partial charge is 0.237 e. The van der Waals surface area contributed by atoms with E-state index in [1.165, 1.54) is 18.4 Å². The fourth-order valence-corrected chi connectivity index (χ4v) is 5.65. The maximum absolute atomic E-state index is 14.5. The number of anilines is 1. The quantitative estimate of drug-likeness (QED) is 0.210. The van der Waals surface area contributed by atoms with Gasteiger partial charge in [0.05, 0.1) is 17.6 Å². The lowest BCUT2D eigenvalue weighted by molar-refractivity contribution is -0.128. The van der Waals surface area contributed by atoms with Gasteiger partial charge < -0.3 is 10.2 Å². The zero-order valence-corrected chi connectivity index (χ0v) is 26.4. The van der Waals surface area contributed by atoms with Crippen LogP contribution in [0.25, 0.3) is 0 Å². The monoisotopic (exact) mass is 546 g/mol. The first-order valence-electron chi connectivity index (χ1n) is 15.9. The number of nitrogens with one attached hydrogen (secondary N) is 1. The van der Waals surface area contributed by atoms with Gasteiger partial charge in [0, 0.05) is 24.7 Å². The van der Waals surface area contributed by atoms with Crippen molar-refractivity contribution in [1.29, 1.82) is 0 Å². The van der Waals surface area contributed by atoms with E-state index in [1.807, 2.05) is 17.3 Å². The minimum Gasteiger partial charge on any atom is -0.370 e. The molecule has 1 fully saturated rings. The van der Waals surface area contributed by atoms with Crippen LogP contribution in [0.2, 0.25) is 0 Å². The topological polar surface area (TPSA) is 57.1 Å². The van der Waals surface area contributed by atoms with Crippen molar-refractivity contribution in [2.24, 2.45) is 27.2 Å². The van der Waals surface area contributed by atoms with E-state index in [9.17, 15) is 4.79 Å². The van der Waals surface area contributed by atoms with Crippen molar-refractivity contribution < 1.29 is 4.79 Å². The first-order valence-corrected chi connectivity index (χ1v) is 15.9. The van der Waals surface area contributed by atoms with E-state index in [4.69, 9.17) is 4.99 Å². The summed E-state index contributed by atoms with van der Waals surface area (Å²) in [7, 11) is 0. The Hall–Kier alpha value is -2.69. The number of benzene rings is 1. The standard InChI is InChI=1S/C35H54N4O/c1-8-12-14-33(37-23-29-15-16-29)38-24-30-25-39(31-17-18-32(27(6)21-31)36-20-13-9-2)34(40)35(19-10-3,28(30)7)22-26(5)11-4/h14,17-18,20-21,24,26,29,37H,8-13,15-16,19,22-23,25H2,1-7H3/b33-14+,36-20-,38-24-. The lowest BCUT2D eigenvalue weighted by Crippen LogP contribution is -2.51. The molecule has 0 saturated heterocycles. The fourth-order valence-electron chi connectivity index (χ4n) is 5.65. The van der Waals surface area contributed by atoms with Gasteiger partial charge in [0.1, 0.15) is 5.82 Å². The van der Waals surface area contributed by atoms with Crippen LogP contribution in [0.1, 0.15) is 111 Å². The lowest BCUT2D eigenvalue weighted by atomic mass is 9.66. The zero-order valence-electron chi connectivity index (χ0n) is 26.4. The van der Waals surface area contributed by atoms with E-state index in [0.29, 0.717) is 12.5 Å². The van der Waals surface area contributed by atoms with Gasteiger partial charge in [0.25, 0.3) is 0 Å². The van der Waals surface area contributed by atoms with Crippen molar-refractivity contribution in [3.8, 4) is 0 Å². The normalized spacial score (nSPS) is 21.2. The molecule has 1 aliphatic carbocycles. The summed E-state index contributed by atoms with van der Waals surface area (Å²) in [5.41, 5.74) is 4.88. The molecule has 0 aromatic heterocycles. The van der Waals surface area contributed by atoms with E-state index >= 15 is 0 Å². The second-order valence-electron chi connectivity index (χ2n) is 12.1. The van der Waals surface area contributed by atoms with Gasteiger partial charge in [-0.1, -0.05) is 65.9 Å². The third-order valence-corrected chi connectivity index (χ3v) is 8.65. The molecule has 220 valence electrons. The molecule has 5 nitrogen and oxygen atoms in total. The van der Waals surface area contributed by atoms with Crippen molar-refractivity contribution in [3.63, 3.8) is 0 Å². The van der Waals surface area contributed by atoms with E-state index in [1.54, 1.807) is 0 Å². The predicted octanol–water partition coefficient (Wildman–Crippen LogP) is 9.10. The number of hydrogen-bond acceptors (Lipinski definition) is 4. The minimum absolute atomic E-state index is 0.236. The molecule has 1 aliphatic heterocycles. The van der Waals surface area contributed by atoms with Crippen LogP contribution in [0.4, 0.5) is 11.4 Å². The first-order chi connectivity index (χ1) is 19.3. The fraction of sp³-hybridized carbons (Fsp3) is 0.629. The van der Waals surface area contributed by atoms with Crippen molar-refractivity contribution in [1.82, 2.24) is 5.32 Å². The van der Waals surface area contributed by atoms with Crippen LogP contribution >= 0.6 is 0 Å². The van der Waals surface area contributed by atoms with Crippen LogP contribution in [-0.4, -0.2) is 31.4 Å². The number of carbonyl (C=O) groups excluding carboxylic acids is 1. The van der Waals surface area contributed by atoms with Crippen molar-refractivity contribution in [3.05, 3.63) is 46.8 Å². The molecular formula is C35H54N4O. The van der Waals surface area contributed by atoms with Gasteiger partial charge in [-0.3, -0.25) is 9.79 Å². The summed E-state index contributed by atoms with van der Waals surface area (Å²) in [4.78, 5) is 26.2. The van der Waals surface area contributed by atoms with Gasteiger partial charge in [0.2, 0.25) is 5.91 Å². The minimum atomic E-state index is -0.510. The second-order valence-corrected chi connectivity index (χ2v) is 12.1. The average molecular weight is 547 g/mol. The predicted molar refractivity (Wildman–Crippen MR) is 173 cm³/mol. The number of nitrogens with zero attached hydrogens (tertiary/aromatic N) is 3. The largest absolute Gasteiger partial charge is 0.370 e. The van der Waals surface area contributed by atoms with Crippen LogP contribution in [0.5, 0.6) is 0 Å². The van der Waals surface area contributed by atoms with Gasteiger partial charge in [0.15, 0.2) is 0 Å². The third kappa shape index (κ3) is 8.17. The maximum Gasteiger partial charge on any atom is 0.237 e. The third-order valence-electron chi connectivity index (χ3n) is 8.65. The van der Waals surface area contributed by atoms with Crippen LogP contribution in [0.15, 0.2) is 51.2 Å². The second kappa shape index (κ2) is 15.3.